The second kappa shape index (κ2) is 6.62. The average molecular weight is 274 g/mol. The van der Waals surface area contributed by atoms with Gasteiger partial charge in [0.1, 0.15) is 17.5 Å². The molecular weight excluding hydrogens is 252 g/mol. The molecule has 20 heavy (non-hydrogen) atoms. The summed E-state index contributed by atoms with van der Waals surface area (Å²) in [6.07, 6.45) is 2.36. The van der Waals surface area contributed by atoms with E-state index < -0.39 is 0 Å². The lowest BCUT2D eigenvalue weighted by Gasteiger charge is -2.28. The molecule has 1 aliphatic heterocycles. The fourth-order valence-electron chi connectivity index (χ4n) is 2.89. The first-order valence-electron chi connectivity index (χ1n) is 7.07. The number of nitrogens with zero attached hydrogens (tertiary/aromatic N) is 2. The highest BCUT2D eigenvalue weighted by Crippen LogP contribution is 2.34. The highest BCUT2D eigenvalue weighted by Gasteiger charge is 2.29. The Balaban J connectivity index is 2.30. The van der Waals surface area contributed by atoms with Crippen LogP contribution >= 0.6 is 0 Å². The zero-order valence-corrected chi connectivity index (χ0v) is 12.4. The van der Waals surface area contributed by atoms with Crippen molar-refractivity contribution in [2.75, 3.05) is 27.3 Å². The molecule has 0 spiro atoms. The van der Waals surface area contributed by atoms with Crippen molar-refractivity contribution in [3.8, 4) is 17.6 Å². The van der Waals surface area contributed by atoms with E-state index in [2.05, 4.69) is 17.9 Å². The number of hydrogen-bond acceptors (Lipinski definition) is 4. The van der Waals surface area contributed by atoms with E-state index in [9.17, 15) is 5.26 Å². The van der Waals surface area contributed by atoms with Gasteiger partial charge in [-0.05, 0) is 44.1 Å². The Morgan fingerprint density at radius 2 is 1.90 bits per heavy atom. The normalized spacial score (nSPS) is 18.3. The fraction of sp³-hybridized carbons (Fsp3) is 0.562. The van der Waals surface area contributed by atoms with Gasteiger partial charge in [-0.3, -0.25) is 4.90 Å². The van der Waals surface area contributed by atoms with Crippen LogP contribution in [-0.4, -0.2) is 38.3 Å². The summed E-state index contributed by atoms with van der Waals surface area (Å²) in [4.78, 5) is 2.27. The highest BCUT2D eigenvalue weighted by atomic mass is 16.5. The highest BCUT2D eigenvalue weighted by molar-refractivity contribution is 5.43. The molecular formula is C16H22N2O2. The number of benzene rings is 1. The molecule has 1 heterocycles. The van der Waals surface area contributed by atoms with Crippen LogP contribution in [0.3, 0.4) is 0 Å². The largest absolute Gasteiger partial charge is 0.497 e. The second-order valence-electron chi connectivity index (χ2n) is 5.21. The zero-order valence-electron chi connectivity index (χ0n) is 12.4. The lowest BCUT2D eigenvalue weighted by Crippen LogP contribution is -2.35. The van der Waals surface area contributed by atoms with Crippen molar-refractivity contribution in [1.29, 1.82) is 5.26 Å². The molecule has 4 nitrogen and oxygen atoms in total. The molecule has 0 amide bonds. The van der Waals surface area contributed by atoms with Gasteiger partial charge in [0.15, 0.2) is 0 Å². The van der Waals surface area contributed by atoms with Crippen LogP contribution < -0.4 is 9.47 Å². The molecule has 0 radical (unpaired) electrons. The van der Waals surface area contributed by atoms with Crippen LogP contribution in [0.1, 0.15) is 31.2 Å². The molecule has 1 aromatic carbocycles. The van der Waals surface area contributed by atoms with Gasteiger partial charge in [0, 0.05) is 11.5 Å². The van der Waals surface area contributed by atoms with Gasteiger partial charge in [0.05, 0.1) is 20.3 Å². The van der Waals surface area contributed by atoms with Gasteiger partial charge in [-0.15, -0.1) is 0 Å². The third-order valence-corrected chi connectivity index (χ3v) is 4.07. The van der Waals surface area contributed by atoms with Gasteiger partial charge in [-0.1, -0.05) is 6.92 Å². The number of nitriles is 1. The molecule has 0 saturated carbocycles. The van der Waals surface area contributed by atoms with Crippen LogP contribution in [0, 0.1) is 11.3 Å². The molecule has 1 aromatic rings. The number of likely N-dealkylation sites (tertiary alicyclic amines) is 1. The predicted octanol–water partition coefficient (Wildman–Crippen LogP) is 2.80. The van der Waals surface area contributed by atoms with Crippen LogP contribution in [0.25, 0.3) is 0 Å². The predicted molar refractivity (Wildman–Crippen MR) is 78.2 cm³/mol. The van der Waals surface area contributed by atoms with Crippen molar-refractivity contribution in [2.45, 2.75) is 31.7 Å². The Bertz CT molecular complexity index is 490. The maximum Gasteiger partial charge on any atom is 0.122 e. The quantitative estimate of drug-likeness (QED) is 0.828. The minimum Gasteiger partial charge on any atom is -0.497 e. The fourth-order valence-corrected chi connectivity index (χ4v) is 2.89. The maximum atomic E-state index is 9.54. The molecule has 0 N–H and O–H groups in total. The van der Waals surface area contributed by atoms with E-state index >= 15 is 0 Å². The Hall–Kier alpha value is -1.73. The van der Waals surface area contributed by atoms with Gasteiger partial charge in [-0.2, -0.15) is 5.26 Å². The third kappa shape index (κ3) is 2.88. The Morgan fingerprint density at radius 1 is 1.20 bits per heavy atom. The van der Waals surface area contributed by atoms with Crippen molar-refractivity contribution in [3.63, 3.8) is 0 Å². The number of rotatable bonds is 5. The van der Waals surface area contributed by atoms with E-state index in [0.29, 0.717) is 0 Å². The molecule has 2 unspecified atom stereocenters. The average Bonchev–Trinajstić information content (AvgIpc) is 3.01. The summed E-state index contributed by atoms with van der Waals surface area (Å²) < 4.78 is 10.7. The summed E-state index contributed by atoms with van der Waals surface area (Å²) in [5.74, 6) is 1.70. The van der Waals surface area contributed by atoms with Gasteiger partial charge >= 0.3 is 0 Å². The first kappa shape index (κ1) is 14.7. The van der Waals surface area contributed by atoms with Gasteiger partial charge in [0.25, 0.3) is 0 Å². The lowest BCUT2D eigenvalue weighted by molar-refractivity contribution is 0.260. The Kier molecular flexibility index (Phi) is 4.86. The van der Waals surface area contributed by atoms with Crippen molar-refractivity contribution >= 4 is 0 Å². The monoisotopic (exact) mass is 274 g/mol. The SMILES string of the molecule is COc1ccc(OC)c(C(C)C(C#N)N2CCCC2)c1. The summed E-state index contributed by atoms with van der Waals surface area (Å²) in [7, 11) is 3.31. The lowest BCUT2D eigenvalue weighted by atomic mass is 9.92. The topological polar surface area (TPSA) is 45.5 Å². The minimum atomic E-state index is -0.112. The van der Waals surface area contributed by atoms with E-state index in [1.807, 2.05) is 18.2 Å². The summed E-state index contributed by atoms with van der Waals surface area (Å²) in [6.45, 7) is 4.10. The van der Waals surface area contributed by atoms with Crippen LogP contribution in [0.4, 0.5) is 0 Å². The summed E-state index contributed by atoms with van der Waals surface area (Å²) in [5.41, 5.74) is 1.03. The third-order valence-electron chi connectivity index (χ3n) is 4.07. The van der Waals surface area contributed by atoms with Crippen LogP contribution in [0.15, 0.2) is 18.2 Å². The summed E-state index contributed by atoms with van der Waals surface area (Å²) >= 11 is 0. The first-order chi connectivity index (χ1) is 9.71. The summed E-state index contributed by atoms with van der Waals surface area (Å²) in [6, 6.07) is 8.11. The van der Waals surface area contributed by atoms with Crippen molar-refractivity contribution in [1.82, 2.24) is 4.90 Å². The van der Waals surface area contributed by atoms with Crippen LogP contribution in [-0.2, 0) is 0 Å². The molecule has 2 rings (SSSR count). The standard InChI is InChI=1S/C16H22N2O2/c1-12(15(11-17)18-8-4-5-9-18)14-10-13(19-2)6-7-16(14)20-3/h6-7,10,12,15H,4-5,8-9H2,1-3H3. The minimum absolute atomic E-state index is 0.0862. The Morgan fingerprint density at radius 3 is 2.45 bits per heavy atom. The smallest absolute Gasteiger partial charge is 0.122 e. The second-order valence-corrected chi connectivity index (χ2v) is 5.21. The number of hydrogen-bond donors (Lipinski definition) is 0. The van der Waals surface area contributed by atoms with E-state index in [0.717, 1.165) is 30.2 Å². The van der Waals surface area contributed by atoms with E-state index in [1.54, 1.807) is 14.2 Å². The zero-order chi connectivity index (χ0) is 14.5. The molecule has 4 heteroatoms. The number of ether oxygens (including phenoxy) is 2. The maximum absolute atomic E-state index is 9.54. The molecule has 108 valence electrons. The van der Waals surface area contributed by atoms with E-state index in [4.69, 9.17) is 9.47 Å². The van der Waals surface area contributed by atoms with Crippen LogP contribution in [0.5, 0.6) is 11.5 Å². The molecule has 1 aliphatic rings. The van der Waals surface area contributed by atoms with Gasteiger partial charge in [-0.25, -0.2) is 0 Å². The molecule has 0 bridgehead atoms. The van der Waals surface area contributed by atoms with Crippen molar-refractivity contribution in [3.05, 3.63) is 23.8 Å². The van der Waals surface area contributed by atoms with Gasteiger partial charge in [0.2, 0.25) is 0 Å². The van der Waals surface area contributed by atoms with Crippen LogP contribution in [0.2, 0.25) is 0 Å². The molecule has 1 saturated heterocycles. The molecule has 0 aliphatic carbocycles. The van der Waals surface area contributed by atoms with E-state index in [-0.39, 0.29) is 12.0 Å². The first-order valence-corrected chi connectivity index (χ1v) is 7.07. The summed E-state index contributed by atoms with van der Waals surface area (Å²) in [5, 5.41) is 9.54. The van der Waals surface area contributed by atoms with Gasteiger partial charge < -0.3 is 9.47 Å². The Labute approximate surface area is 120 Å². The molecule has 2 atom stereocenters. The number of methoxy groups -OCH3 is 2. The van der Waals surface area contributed by atoms with E-state index in [1.165, 1.54) is 12.8 Å². The molecule has 1 fully saturated rings. The van der Waals surface area contributed by atoms with Crippen molar-refractivity contribution < 1.29 is 9.47 Å². The van der Waals surface area contributed by atoms with Crippen molar-refractivity contribution in [2.24, 2.45) is 0 Å². The molecule has 0 aromatic heterocycles.